The predicted molar refractivity (Wildman–Crippen MR) is 61.9 cm³/mol. The molecular weight excluding hydrogens is 208 g/mol. The maximum Gasteiger partial charge on any atom is 0.323 e. The first-order valence-electron chi connectivity index (χ1n) is 5.54. The van der Waals surface area contributed by atoms with Crippen molar-refractivity contribution in [3.8, 4) is 0 Å². The largest absolute Gasteiger partial charge is 0.480 e. The first kappa shape index (κ1) is 14.9. The molecule has 0 spiro atoms. The van der Waals surface area contributed by atoms with E-state index < -0.39 is 17.4 Å². The first-order valence-corrected chi connectivity index (χ1v) is 5.54. The molecule has 0 aliphatic rings. The Morgan fingerprint density at radius 2 is 2.00 bits per heavy atom. The lowest BCUT2D eigenvalue weighted by molar-refractivity contribution is -0.144. The lowest BCUT2D eigenvalue weighted by Crippen LogP contribution is -2.50. The topological polar surface area (TPSA) is 92.4 Å². The fraction of sp³-hybridized carbons (Fsp3) is 0.818. The van der Waals surface area contributed by atoms with Crippen molar-refractivity contribution in [3.63, 3.8) is 0 Å². The third-order valence-corrected chi connectivity index (χ3v) is 2.58. The van der Waals surface area contributed by atoms with Crippen LogP contribution in [0.5, 0.6) is 0 Å². The van der Waals surface area contributed by atoms with Gasteiger partial charge < -0.3 is 16.2 Å². The molecule has 0 saturated heterocycles. The highest BCUT2D eigenvalue weighted by Gasteiger charge is 2.32. The number of carbonyl (C=O) groups excluding carboxylic acids is 1. The molecule has 5 nitrogen and oxygen atoms in total. The summed E-state index contributed by atoms with van der Waals surface area (Å²) in [6.07, 6.45) is 1.52. The van der Waals surface area contributed by atoms with Crippen molar-refractivity contribution < 1.29 is 14.7 Å². The second kappa shape index (κ2) is 6.48. The van der Waals surface area contributed by atoms with Crippen LogP contribution in [0.25, 0.3) is 0 Å². The van der Waals surface area contributed by atoms with Gasteiger partial charge in [0.1, 0.15) is 5.54 Å². The molecule has 0 rings (SSSR count). The second-order valence-corrected chi connectivity index (χ2v) is 4.71. The maximum atomic E-state index is 11.1. The van der Waals surface area contributed by atoms with Gasteiger partial charge in [-0.05, 0) is 25.7 Å². The minimum atomic E-state index is -0.973. The summed E-state index contributed by atoms with van der Waals surface area (Å²) in [6.45, 7) is 6.03. The molecule has 0 fully saturated rings. The van der Waals surface area contributed by atoms with Gasteiger partial charge in [0.25, 0.3) is 0 Å². The SMILES string of the molecule is CC(C)CCC(C)(NCCC(N)=O)C(=O)O. The van der Waals surface area contributed by atoms with E-state index in [0.29, 0.717) is 18.9 Å². The molecule has 16 heavy (non-hydrogen) atoms. The summed E-state index contributed by atoms with van der Waals surface area (Å²) in [4.78, 5) is 21.7. The summed E-state index contributed by atoms with van der Waals surface area (Å²) in [5.74, 6) is -0.863. The zero-order valence-electron chi connectivity index (χ0n) is 10.2. The van der Waals surface area contributed by atoms with Crippen LogP contribution >= 0.6 is 0 Å². The van der Waals surface area contributed by atoms with E-state index in [-0.39, 0.29) is 6.42 Å². The van der Waals surface area contributed by atoms with Gasteiger partial charge >= 0.3 is 5.97 Å². The second-order valence-electron chi connectivity index (χ2n) is 4.71. The van der Waals surface area contributed by atoms with Crippen molar-refractivity contribution in [1.29, 1.82) is 0 Å². The van der Waals surface area contributed by atoms with E-state index in [2.05, 4.69) is 5.32 Å². The van der Waals surface area contributed by atoms with Crippen LogP contribution < -0.4 is 11.1 Å². The molecule has 0 bridgehead atoms. The van der Waals surface area contributed by atoms with Gasteiger partial charge in [0.15, 0.2) is 0 Å². The van der Waals surface area contributed by atoms with Crippen LogP contribution in [0.3, 0.4) is 0 Å². The summed E-state index contributed by atoms with van der Waals surface area (Å²) in [5.41, 5.74) is 4.02. The average Bonchev–Trinajstić information content (AvgIpc) is 2.13. The van der Waals surface area contributed by atoms with Crippen molar-refractivity contribution in [2.75, 3.05) is 6.54 Å². The Labute approximate surface area is 96.4 Å². The highest BCUT2D eigenvalue weighted by atomic mass is 16.4. The predicted octanol–water partition coefficient (Wildman–Crippen LogP) is 0.731. The van der Waals surface area contributed by atoms with Crippen molar-refractivity contribution in [2.24, 2.45) is 11.7 Å². The molecule has 0 aromatic carbocycles. The standard InChI is InChI=1S/C11H22N2O3/c1-8(2)4-6-11(3,10(15)16)13-7-5-9(12)14/h8,13H,4-7H2,1-3H3,(H2,12,14)(H,15,16). The van der Waals surface area contributed by atoms with Crippen molar-refractivity contribution in [3.05, 3.63) is 0 Å². The fourth-order valence-electron chi connectivity index (χ4n) is 1.31. The highest BCUT2D eigenvalue weighted by molar-refractivity contribution is 5.78. The molecule has 1 unspecified atom stereocenters. The number of primary amides is 1. The normalized spacial score (nSPS) is 14.8. The summed E-state index contributed by atoms with van der Waals surface area (Å²) in [5, 5.41) is 12.0. The molecule has 0 saturated carbocycles. The van der Waals surface area contributed by atoms with E-state index in [1.165, 1.54) is 0 Å². The van der Waals surface area contributed by atoms with Crippen LogP contribution in [-0.2, 0) is 9.59 Å². The van der Waals surface area contributed by atoms with Gasteiger partial charge in [0.2, 0.25) is 5.91 Å². The Morgan fingerprint density at radius 1 is 1.44 bits per heavy atom. The molecule has 0 aromatic heterocycles. The smallest absolute Gasteiger partial charge is 0.323 e. The molecule has 5 heteroatoms. The van der Waals surface area contributed by atoms with E-state index in [4.69, 9.17) is 10.8 Å². The number of carboxylic acids is 1. The van der Waals surface area contributed by atoms with Gasteiger partial charge in [-0.3, -0.25) is 9.59 Å². The van der Waals surface area contributed by atoms with Crippen molar-refractivity contribution >= 4 is 11.9 Å². The van der Waals surface area contributed by atoms with E-state index in [1.807, 2.05) is 13.8 Å². The Bertz CT molecular complexity index is 254. The molecule has 0 radical (unpaired) electrons. The Kier molecular flexibility index (Phi) is 6.03. The molecule has 0 aromatic rings. The van der Waals surface area contributed by atoms with Gasteiger partial charge in [-0.2, -0.15) is 0 Å². The van der Waals surface area contributed by atoms with E-state index >= 15 is 0 Å². The number of nitrogens with two attached hydrogens (primary N) is 1. The lowest BCUT2D eigenvalue weighted by Gasteiger charge is -2.27. The number of nitrogens with one attached hydrogen (secondary N) is 1. The third-order valence-electron chi connectivity index (χ3n) is 2.58. The summed E-state index contributed by atoms with van der Waals surface area (Å²) in [6, 6.07) is 0. The Balaban J connectivity index is 4.22. The fourth-order valence-corrected chi connectivity index (χ4v) is 1.31. The first-order chi connectivity index (χ1) is 7.28. The van der Waals surface area contributed by atoms with Crippen LogP contribution in [0.1, 0.15) is 40.0 Å². The minimum Gasteiger partial charge on any atom is -0.480 e. The van der Waals surface area contributed by atoms with Gasteiger partial charge in [-0.25, -0.2) is 0 Å². The van der Waals surface area contributed by atoms with Crippen LogP contribution in [-0.4, -0.2) is 29.1 Å². The van der Waals surface area contributed by atoms with E-state index in [9.17, 15) is 9.59 Å². The van der Waals surface area contributed by atoms with Crippen LogP contribution in [0, 0.1) is 5.92 Å². The van der Waals surface area contributed by atoms with Crippen LogP contribution in [0.2, 0.25) is 0 Å². The molecule has 0 aliphatic carbocycles. The monoisotopic (exact) mass is 230 g/mol. The quantitative estimate of drug-likeness (QED) is 0.573. The Morgan fingerprint density at radius 3 is 2.38 bits per heavy atom. The Hall–Kier alpha value is -1.10. The number of aliphatic carboxylic acids is 1. The number of amides is 1. The minimum absolute atomic E-state index is 0.157. The lowest BCUT2D eigenvalue weighted by atomic mass is 9.92. The van der Waals surface area contributed by atoms with Gasteiger partial charge in [-0.15, -0.1) is 0 Å². The van der Waals surface area contributed by atoms with Crippen molar-refractivity contribution in [2.45, 2.75) is 45.6 Å². The third kappa shape index (κ3) is 5.70. The molecular formula is C11H22N2O3. The van der Waals surface area contributed by atoms with Gasteiger partial charge in [0, 0.05) is 13.0 Å². The highest BCUT2D eigenvalue weighted by Crippen LogP contribution is 2.16. The maximum absolute atomic E-state index is 11.1. The number of hydrogen-bond donors (Lipinski definition) is 3. The molecule has 94 valence electrons. The van der Waals surface area contributed by atoms with E-state index in [1.54, 1.807) is 6.92 Å². The molecule has 1 amide bonds. The molecule has 1 atom stereocenters. The summed E-state index contributed by atoms with van der Waals surface area (Å²) < 4.78 is 0. The zero-order valence-corrected chi connectivity index (χ0v) is 10.2. The van der Waals surface area contributed by atoms with Gasteiger partial charge in [-0.1, -0.05) is 13.8 Å². The molecule has 0 heterocycles. The molecule has 4 N–H and O–H groups in total. The number of rotatable bonds is 8. The van der Waals surface area contributed by atoms with Gasteiger partial charge in [0.05, 0.1) is 0 Å². The summed E-state index contributed by atoms with van der Waals surface area (Å²) >= 11 is 0. The number of hydrogen-bond acceptors (Lipinski definition) is 3. The van der Waals surface area contributed by atoms with Crippen LogP contribution in [0.4, 0.5) is 0 Å². The molecule has 0 aliphatic heterocycles. The average molecular weight is 230 g/mol. The zero-order chi connectivity index (χ0) is 12.8. The number of carboxylic acid groups (broad SMARTS) is 1. The van der Waals surface area contributed by atoms with Crippen LogP contribution in [0.15, 0.2) is 0 Å². The number of carbonyl (C=O) groups is 2. The summed E-state index contributed by atoms with van der Waals surface area (Å²) in [7, 11) is 0. The van der Waals surface area contributed by atoms with E-state index in [0.717, 1.165) is 6.42 Å². The van der Waals surface area contributed by atoms with Crippen molar-refractivity contribution in [1.82, 2.24) is 5.32 Å².